The Morgan fingerprint density at radius 3 is 1.84 bits per heavy atom. The Morgan fingerprint density at radius 1 is 0.960 bits per heavy atom. The van der Waals surface area contributed by atoms with Crippen molar-refractivity contribution in [1.82, 2.24) is 0 Å². The lowest BCUT2D eigenvalue weighted by Gasteiger charge is -2.17. The third kappa shape index (κ3) is 8.52. The Morgan fingerprint density at radius 2 is 1.40 bits per heavy atom. The van der Waals surface area contributed by atoms with Crippen molar-refractivity contribution in [3.63, 3.8) is 0 Å². The summed E-state index contributed by atoms with van der Waals surface area (Å²) in [6, 6.07) is 14.2. The number of benzene rings is 1. The molecule has 1 aromatic carbocycles. The van der Waals surface area contributed by atoms with Gasteiger partial charge >= 0.3 is 0 Å². The van der Waals surface area contributed by atoms with E-state index in [1.807, 2.05) is 47.3 Å². The van der Waals surface area contributed by atoms with Gasteiger partial charge in [-0.1, -0.05) is 30.3 Å². The molecule has 136 valence electrons. The van der Waals surface area contributed by atoms with Gasteiger partial charge in [0.05, 0.1) is 6.42 Å². The molecule has 1 heterocycles. The summed E-state index contributed by atoms with van der Waals surface area (Å²) in [4.78, 5) is 10.7. The van der Waals surface area contributed by atoms with Crippen LogP contribution >= 0.6 is 0 Å². The van der Waals surface area contributed by atoms with Crippen molar-refractivity contribution in [2.75, 3.05) is 0 Å². The standard InChI is InChI=1S/C16H19N2O2.ClHO4/c1-16(2,18(19)20)10-13-17-11-8-15(9-12-17)14-6-4-3-5-7-14;2-1(3,4)5/h3-9,11-12H,10,13H2,1-2H3;(H,2,3,4,5)/q+1;/p-1. The molecule has 0 aliphatic carbocycles. The van der Waals surface area contributed by atoms with Gasteiger partial charge in [-0.25, -0.2) is 23.2 Å². The summed E-state index contributed by atoms with van der Waals surface area (Å²) in [5, 5.41) is 10.9. The molecule has 0 saturated heterocycles. The average molecular weight is 371 g/mol. The molecule has 0 aliphatic rings. The van der Waals surface area contributed by atoms with Gasteiger partial charge in [-0.3, -0.25) is 10.1 Å². The van der Waals surface area contributed by atoms with Crippen LogP contribution in [0.4, 0.5) is 0 Å². The molecule has 2 rings (SSSR count). The monoisotopic (exact) mass is 370 g/mol. The third-order valence-corrected chi connectivity index (χ3v) is 3.47. The van der Waals surface area contributed by atoms with Crippen LogP contribution in [0, 0.1) is 20.4 Å². The maximum absolute atomic E-state index is 10.9. The first-order valence-corrected chi connectivity index (χ1v) is 8.53. The van der Waals surface area contributed by atoms with Crippen LogP contribution in [-0.4, -0.2) is 10.5 Å². The van der Waals surface area contributed by atoms with Gasteiger partial charge in [0, 0.05) is 30.9 Å². The molecule has 0 fully saturated rings. The van der Waals surface area contributed by atoms with E-state index >= 15 is 0 Å². The number of nitrogens with zero attached hydrogens (tertiary/aromatic N) is 2. The summed E-state index contributed by atoms with van der Waals surface area (Å²) in [6.45, 7) is 3.96. The van der Waals surface area contributed by atoms with Crippen molar-refractivity contribution >= 4 is 0 Å². The van der Waals surface area contributed by atoms with E-state index in [1.54, 1.807) is 13.8 Å². The molecule has 25 heavy (non-hydrogen) atoms. The average Bonchev–Trinajstić information content (AvgIpc) is 2.53. The van der Waals surface area contributed by atoms with Crippen molar-refractivity contribution in [3.8, 4) is 11.1 Å². The van der Waals surface area contributed by atoms with Gasteiger partial charge in [-0.15, -0.1) is 10.2 Å². The summed E-state index contributed by atoms with van der Waals surface area (Å²) in [5.41, 5.74) is 1.44. The number of aryl methyl sites for hydroxylation is 1. The molecule has 0 radical (unpaired) electrons. The fourth-order valence-electron chi connectivity index (χ4n) is 1.92. The van der Waals surface area contributed by atoms with Gasteiger partial charge in [-0.05, 0) is 11.1 Å². The second kappa shape index (κ2) is 8.84. The molecule has 0 atom stereocenters. The van der Waals surface area contributed by atoms with Crippen LogP contribution in [0.2, 0.25) is 0 Å². The summed E-state index contributed by atoms with van der Waals surface area (Å²) >= 11 is 0. The number of hydrogen-bond acceptors (Lipinski definition) is 6. The zero-order chi connectivity index (χ0) is 19.1. The lowest BCUT2D eigenvalue weighted by atomic mass is 10.0. The molecular weight excluding hydrogens is 352 g/mol. The van der Waals surface area contributed by atoms with E-state index in [9.17, 15) is 10.1 Å². The largest absolute Gasteiger partial charge is 0.264 e. The SMILES string of the molecule is CC(C)(CC[n+]1ccc(-c2ccccc2)cc1)[N+](=O)[O-].[O-][Cl+3]([O-])([O-])[O-]. The molecular formula is C16H19ClN2O6. The zero-order valence-corrected chi connectivity index (χ0v) is 14.6. The minimum absolute atomic E-state index is 0.216. The van der Waals surface area contributed by atoms with Crippen LogP contribution in [-0.2, 0) is 6.54 Å². The van der Waals surface area contributed by atoms with Gasteiger partial charge in [-0.2, -0.15) is 0 Å². The van der Waals surface area contributed by atoms with Crippen LogP contribution in [0.3, 0.4) is 0 Å². The predicted molar refractivity (Wildman–Crippen MR) is 77.8 cm³/mol. The van der Waals surface area contributed by atoms with Crippen molar-refractivity contribution in [3.05, 3.63) is 65.0 Å². The van der Waals surface area contributed by atoms with Crippen molar-refractivity contribution < 1.29 is 38.4 Å². The molecule has 2 aromatic rings. The number of pyridine rings is 1. The Hall–Kier alpha value is -2.10. The molecule has 0 amide bonds. The number of halogens is 1. The van der Waals surface area contributed by atoms with Crippen LogP contribution < -0.4 is 23.2 Å². The van der Waals surface area contributed by atoms with Crippen LogP contribution in [0.15, 0.2) is 54.9 Å². The minimum Gasteiger partial charge on any atom is -0.264 e. The molecule has 0 bridgehead atoms. The first kappa shape index (κ1) is 20.9. The Balaban J connectivity index is 0.000000550. The first-order chi connectivity index (χ1) is 11.5. The van der Waals surface area contributed by atoms with E-state index in [0.717, 1.165) is 5.56 Å². The van der Waals surface area contributed by atoms with E-state index in [0.29, 0.717) is 13.0 Å². The Labute approximate surface area is 147 Å². The third-order valence-electron chi connectivity index (χ3n) is 3.47. The van der Waals surface area contributed by atoms with Gasteiger partial charge in [0.1, 0.15) is 0 Å². The molecule has 0 N–H and O–H groups in total. The predicted octanol–water partition coefficient (Wildman–Crippen LogP) is -1.67. The van der Waals surface area contributed by atoms with Gasteiger partial charge < -0.3 is 0 Å². The van der Waals surface area contributed by atoms with Gasteiger partial charge in [0.2, 0.25) is 5.54 Å². The zero-order valence-electron chi connectivity index (χ0n) is 13.8. The van der Waals surface area contributed by atoms with E-state index < -0.39 is 15.8 Å². The second-order valence-corrected chi connectivity index (χ2v) is 6.64. The maximum atomic E-state index is 10.9. The first-order valence-electron chi connectivity index (χ1n) is 7.30. The smallest absolute Gasteiger partial charge is 0.222 e. The number of aromatic nitrogens is 1. The normalized spacial score (nSPS) is 11.4. The molecule has 0 unspecified atom stereocenters. The second-order valence-electron chi connectivity index (χ2n) is 5.89. The van der Waals surface area contributed by atoms with Crippen LogP contribution in [0.5, 0.6) is 0 Å². The lowest BCUT2D eigenvalue weighted by Crippen LogP contribution is -2.68. The molecule has 0 aliphatic heterocycles. The highest BCUT2D eigenvalue weighted by molar-refractivity contribution is 5.61. The number of nitro groups is 1. The minimum atomic E-state index is -4.94. The van der Waals surface area contributed by atoms with Crippen LogP contribution in [0.25, 0.3) is 11.1 Å². The van der Waals surface area contributed by atoms with E-state index in [4.69, 9.17) is 18.6 Å². The van der Waals surface area contributed by atoms with Gasteiger partial charge in [0.25, 0.3) is 0 Å². The fourth-order valence-corrected chi connectivity index (χ4v) is 1.92. The summed E-state index contributed by atoms with van der Waals surface area (Å²) in [6.07, 6.45) is 4.45. The summed E-state index contributed by atoms with van der Waals surface area (Å²) in [5.74, 6) is 0. The van der Waals surface area contributed by atoms with Crippen molar-refractivity contribution in [2.45, 2.75) is 32.4 Å². The van der Waals surface area contributed by atoms with Crippen LogP contribution in [0.1, 0.15) is 20.3 Å². The highest BCUT2D eigenvalue weighted by Gasteiger charge is 2.31. The quantitative estimate of drug-likeness (QED) is 0.350. The summed E-state index contributed by atoms with van der Waals surface area (Å²) in [7, 11) is -4.94. The highest BCUT2D eigenvalue weighted by Crippen LogP contribution is 2.17. The number of hydrogen-bond donors (Lipinski definition) is 0. The molecule has 9 heteroatoms. The Kier molecular flexibility index (Phi) is 7.40. The molecule has 1 aromatic heterocycles. The van der Waals surface area contributed by atoms with E-state index in [2.05, 4.69) is 12.1 Å². The highest BCUT2D eigenvalue weighted by atomic mass is 35.7. The molecule has 0 spiro atoms. The van der Waals surface area contributed by atoms with Gasteiger partial charge in [0.15, 0.2) is 18.9 Å². The number of rotatable bonds is 5. The Bertz CT molecular complexity index is 665. The fraction of sp³-hybridized carbons (Fsp3) is 0.312. The maximum Gasteiger partial charge on any atom is 0.222 e. The van der Waals surface area contributed by atoms with E-state index in [1.165, 1.54) is 5.56 Å². The lowest BCUT2D eigenvalue weighted by molar-refractivity contribution is -2.00. The van der Waals surface area contributed by atoms with E-state index in [-0.39, 0.29) is 4.92 Å². The topological polar surface area (TPSA) is 139 Å². The molecule has 8 nitrogen and oxygen atoms in total. The summed E-state index contributed by atoms with van der Waals surface area (Å²) < 4.78 is 36.0. The molecule has 0 saturated carbocycles. The van der Waals surface area contributed by atoms with Crippen molar-refractivity contribution in [2.24, 2.45) is 0 Å². The van der Waals surface area contributed by atoms with Crippen molar-refractivity contribution in [1.29, 1.82) is 0 Å².